The molecule has 0 spiro atoms. The van der Waals surface area contributed by atoms with Gasteiger partial charge >= 0.3 is 0 Å². The molecule has 0 bridgehead atoms. The Hall–Kier alpha value is -2.28. The number of aryl methyl sites for hydroxylation is 1. The van der Waals surface area contributed by atoms with Gasteiger partial charge in [0.15, 0.2) is 0 Å². The lowest BCUT2D eigenvalue weighted by atomic mass is 10.1. The number of hydrogen-bond acceptors (Lipinski definition) is 4. The molecule has 1 aromatic carbocycles. The average molecular weight is 361 g/mol. The van der Waals surface area contributed by atoms with E-state index in [2.05, 4.69) is 15.6 Å². The minimum Gasteiger partial charge on any atom is -0.354 e. The fourth-order valence-electron chi connectivity index (χ4n) is 2.82. The molecule has 1 fully saturated rings. The number of carbonyl (C=O) groups is 2. The van der Waals surface area contributed by atoms with Crippen LogP contribution in [0, 0.1) is 12.7 Å². The van der Waals surface area contributed by atoms with Crippen LogP contribution >= 0.6 is 11.3 Å². The van der Waals surface area contributed by atoms with E-state index < -0.39 is 6.04 Å². The number of rotatable bonds is 4. The van der Waals surface area contributed by atoms with Gasteiger partial charge in [0.25, 0.3) is 5.91 Å². The first-order valence-corrected chi connectivity index (χ1v) is 9.14. The zero-order valence-corrected chi connectivity index (χ0v) is 14.8. The number of nitrogens with zero attached hydrogens (tertiary/aromatic N) is 1. The largest absolute Gasteiger partial charge is 0.354 e. The lowest BCUT2D eigenvalue weighted by molar-refractivity contribution is -0.122. The second-order valence-electron chi connectivity index (χ2n) is 6.14. The summed E-state index contributed by atoms with van der Waals surface area (Å²) in [6.07, 6.45) is 3.03. The number of carbonyl (C=O) groups excluding carboxylic acids is 2. The maximum absolute atomic E-state index is 13.0. The van der Waals surface area contributed by atoms with Gasteiger partial charge in [-0.15, -0.1) is 11.3 Å². The number of nitrogens with one attached hydrogen (secondary N) is 2. The molecule has 5 nitrogen and oxygen atoms in total. The molecule has 1 aliphatic rings. The molecule has 1 saturated heterocycles. The van der Waals surface area contributed by atoms with Crippen molar-refractivity contribution in [1.29, 1.82) is 0 Å². The highest BCUT2D eigenvalue weighted by atomic mass is 32.1. The fraction of sp³-hybridized carbons (Fsp3) is 0.389. The molecule has 0 aliphatic carbocycles. The number of thiazole rings is 1. The number of benzene rings is 1. The maximum atomic E-state index is 13.0. The van der Waals surface area contributed by atoms with Crippen LogP contribution in [0.25, 0.3) is 0 Å². The van der Waals surface area contributed by atoms with E-state index in [1.165, 1.54) is 23.5 Å². The van der Waals surface area contributed by atoms with Gasteiger partial charge in [-0.05, 0) is 43.9 Å². The fourth-order valence-corrected chi connectivity index (χ4v) is 3.82. The van der Waals surface area contributed by atoms with Gasteiger partial charge in [0, 0.05) is 13.0 Å². The Kier molecular flexibility index (Phi) is 5.43. The van der Waals surface area contributed by atoms with Crippen molar-refractivity contribution in [2.75, 3.05) is 6.54 Å². The summed E-state index contributed by atoms with van der Waals surface area (Å²) in [4.78, 5) is 29.5. The van der Waals surface area contributed by atoms with E-state index in [-0.39, 0.29) is 17.6 Å². The third-order valence-electron chi connectivity index (χ3n) is 4.16. The summed E-state index contributed by atoms with van der Waals surface area (Å²) < 4.78 is 13.0. The SMILES string of the molecule is Cc1nc(Cc2ccc(F)cc2)sc1C(=O)NC1CCCCNC1=O. The van der Waals surface area contributed by atoms with E-state index in [9.17, 15) is 14.0 Å². The van der Waals surface area contributed by atoms with Gasteiger partial charge in [0.05, 0.1) is 10.7 Å². The summed E-state index contributed by atoms with van der Waals surface area (Å²) in [6.45, 7) is 2.44. The number of hydrogen-bond donors (Lipinski definition) is 2. The van der Waals surface area contributed by atoms with Gasteiger partial charge < -0.3 is 10.6 Å². The first-order valence-electron chi connectivity index (χ1n) is 8.32. The molecule has 2 aromatic rings. The maximum Gasteiger partial charge on any atom is 0.263 e. The molecule has 1 aromatic heterocycles. The summed E-state index contributed by atoms with van der Waals surface area (Å²) in [6, 6.07) is 5.75. The van der Waals surface area contributed by atoms with Crippen molar-refractivity contribution >= 4 is 23.2 Å². The van der Waals surface area contributed by atoms with Gasteiger partial charge in [-0.25, -0.2) is 9.37 Å². The monoisotopic (exact) mass is 361 g/mol. The molecule has 2 heterocycles. The lowest BCUT2D eigenvalue weighted by Crippen LogP contribution is -2.45. The molecule has 2 amide bonds. The van der Waals surface area contributed by atoms with E-state index in [0.29, 0.717) is 30.0 Å². The standard InChI is InChI=1S/C18H20FN3O2S/c1-11-16(18(24)22-14-4-2-3-9-20-17(14)23)25-15(21-11)10-12-5-7-13(19)8-6-12/h5-8,14H,2-4,9-10H2,1H3,(H,20,23)(H,22,24). The quantitative estimate of drug-likeness (QED) is 0.879. The molecule has 25 heavy (non-hydrogen) atoms. The van der Waals surface area contributed by atoms with Crippen molar-refractivity contribution in [1.82, 2.24) is 15.6 Å². The molecular weight excluding hydrogens is 341 g/mol. The second-order valence-corrected chi connectivity index (χ2v) is 7.22. The highest BCUT2D eigenvalue weighted by Gasteiger charge is 2.25. The summed E-state index contributed by atoms with van der Waals surface area (Å²) in [5.41, 5.74) is 1.58. The molecule has 1 unspecified atom stereocenters. The van der Waals surface area contributed by atoms with Gasteiger partial charge in [0.1, 0.15) is 16.7 Å². The molecule has 7 heteroatoms. The van der Waals surface area contributed by atoms with Gasteiger partial charge in [0.2, 0.25) is 5.91 Å². The van der Waals surface area contributed by atoms with Crippen LogP contribution in [-0.4, -0.2) is 29.4 Å². The molecule has 3 rings (SSSR count). The Morgan fingerprint density at radius 2 is 2.12 bits per heavy atom. The van der Waals surface area contributed by atoms with E-state index in [1.54, 1.807) is 19.1 Å². The van der Waals surface area contributed by atoms with Crippen LogP contribution in [-0.2, 0) is 11.2 Å². The smallest absolute Gasteiger partial charge is 0.263 e. The van der Waals surface area contributed by atoms with Crippen molar-refractivity contribution in [3.63, 3.8) is 0 Å². The van der Waals surface area contributed by atoms with E-state index in [4.69, 9.17) is 0 Å². The Morgan fingerprint density at radius 3 is 2.88 bits per heavy atom. The lowest BCUT2D eigenvalue weighted by Gasteiger charge is -2.14. The highest BCUT2D eigenvalue weighted by Crippen LogP contribution is 2.21. The van der Waals surface area contributed by atoms with Crippen LogP contribution in [0.15, 0.2) is 24.3 Å². The summed E-state index contributed by atoms with van der Waals surface area (Å²) >= 11 is 1.31. The second kappa shape index (κ2) is 7.74. The van der Waals surface area contributed by atoms with Gasteiger partial charge in [-0.2, -0.15) is 0 Å². The molecule has 1 aliphatic heterocycles. The van der Waals surface area contributed by atoms with E-state index in [1.807, 2.05) is 0 Å². The Morgan fingerprint density at radius 1 is 1.36 bits per heavy atom. The molecule has 0 radical (unpaired) electrons. The summed E-state index contributed by atoms with van der Waals surface area (Å²) in [5, 5.41) is 6.42. The van der Waals surface area contributed by atoms with Crippen molar-refractivity contribution in [3.05, 3.63) is 51.2 Å². The normalized spacial score (nSPS) is 17.7. The van der Waals surface area contributed by atoms with Crippen LogP contribution in [0.2, 0.25) is 0 Å². The molecule has 0 saturated carbocycles. The minimum atomic E-state index is -0.489. The number of aromatic nitrogens is 1. The Balaban J connectivity index is 1.69. The number of amides is 2. The van der Waals surface area contributed by atoms with Crippen LogP contribution in [0.4, 0.5) is 4.39 Å². The van der Waals surface area contributed by atoms with Crippen molar-refractivity contribution in [3.8, 4) is 0 Å². The molecule has 1 atom stereocenters. The topological polar surface area (TPSA) is 71.1 Å². The molecule has 2 N–H and O–H groups in total. The highest BCUT2D eigenvalue weighted by molar-refractivity contribution is 7.13. The van der Waals surface area contributed by atoms with Gasteiger partial charge in [-0.3, -0.25) is 9.59 Å². The van der Waals surface area contributed by atoms with Crippen LogP contribution < -0.4 is 10.6 Å². The third-order valence-corrected chi connectivity index (χ3v) is 5.31. The van der Waals surface area contributed by atoms with Crippen molar-refractivity contribution in [2.45, 2.75) is 38.6 Å². The first-order chi connectivity index (χ1) is 12.0. The predicted octanol–water partition coefficient (Wildman–Crippen LogP) is 2.58. The Bertz CT molecular complexity index is 773. The van der Waals surface area contributed by atoms with Crippen molar-refractivity contribution in [2.24, 2.45) is 0 Å². The predicted molar refractivity (Wildman–Crippen MR) is 94.2 cm³/mol. The Labute approximate surface area is 149 Å². The average Bonchev–Trinajstić information content (AvgIpc) is 2.83. The summed E-state index contributed by atoms with van der Waals surface area (Å²) in [7, 11) is 0. The van der Waals surface area contributed by atoms with E-state index >= 15 is 0 Å². The molecule has 132 valence electrons. The third kappa shape index (κ3) is 4.42. The minimum absolute atomic E-state index is 0.125. The zero-order chi connectivity index (χ0) is 17.8. The van der Waals surface area contributed by atoms with Gasteiger partial charge in [-0.1, -0.05) is 12.1 Å². The van der Waals surface area contributed by atoms with Crippen LogP contribution in [0.5, 0.6) is 0 Å². The van der Waals surface area contributed by atoms with Crippen molar-refractivity contribution < 1.29 is 14.0 Å². The number of halogens is 1. The summed E-state index contributed by atoms with van der Waals surface area (Å²) in [5.74, 6) is -0.664. The van der Waals surface area contributed by atoms with Crippen LogP contribution in [0.1, 0.15) is 45.2 Å². The first kappa shape index (κ1) is 17.5. The van der Waals surface area contributed by atoms with Crippen LogP contribution in [0.3, 0.4) is 0 Å². The molecular formula is C18H20FN3O2S. The zero-order valence-electron chi connectivity index (χ0n) is 14.0. The van der Waals surface area contributed by atoms with E-state index in [0.717, 1.165) is 23.4 Å².